The van der Waals surface area contributed by atoms with E-state index in [1.54, 1.807) is 41.1 Å². The lowest BCUT2D eigenvalue weighted by molar-refractivity contribution is -0.135. The maximum Gasteiger partial charge on any atom is 0.340 e. The number of para-hydroxylation sites is 1. The van der Waals surface area contributed by atoms with Gasteiger partial charge in [0.05, 0.1) is 17.3 Å². The van der Waals surface area contributed by atoms with E-state index in [2.05, 4.69) is 12.1 Å². The smallest absolute Gasteiger partial charge is 0.340 e. The van der Waals surface area contributed by atoms with Crippen molar-refractivity contribution in [1.82, 2.24) is 4.90 Å². The zero-order chi connectivity index (χ0) is 21.1. The number of carbonyl (C=O) groups is 3. The maximum atomic E-state index is 12.8. The number of amides is 2. The third-order valence-electron chi connectivity index (χ3n) is 6.01. The Bertz CT molecular complexity index is 971. The lowest BCUT2D eigenvalue weighted by Crippen LogP contribution is -2.36. The first-order valence-corrected chi connectivity index (χ1v) is 10.5. The standard InChI is InChI=1S/C24H26N2O4/c1-25(20-13-6-9-17-8-2-3-10-18(17)20)23(28)16-30-24(29)19-11-4-5-12-21(19)26-15-7-14-22(26)27/h2-5,8,10-12,20H,6-7,9,13-16H2,1H3/t20-/m0/s1. The van der Waals surface area contributed by atoms with Crippen LogP contribution in [0.1, 0.15) is 53.2 Å². The first-order valence-electron chi connectivity index (χ1n) is 10.5. The Morgan fingerprint density at radius 2 is 1.83 bits per heavy atom. The molecule has 0 N–H and O–H groups in total. The topological polar surface area (TPSA) is 66.9 Å². The van der Waals surface area contributed by atoms with Crippen molar-refractivity contribution in [3.05, 3.63) is 65.2 Å². The van der Waals surface area contributed by atoms with Crippen LogP contribution in [0.4, 0.5) is 5.69 Å². The molecule has 6 heteroatoms. The zero-order valence-corrected chi connectivity index (χ0v) is 17.2. The largest absolute Gasteiger partial charge is 0.452 e. The second-order valence-corrected chi connectivity index (χ2v) is 7.85. The molecule has 2 amide bonds. The molecule has 0 bridgehead atoms. The number of likely N-dealkylation sites (N-methyl/N-ethyl adjacent to an activating group) is 1. The van der Waals surface area contributed by atoms with Crippen LogP contribution in [0.3, 0.4) is 0 Å². The number of carbonyl (C=O) groups excluding carboxylic acids is 3. The summed E-state index contributed by atoms with van der Waals surface area (Å²) in [5.41, 5.74) is 3.30. The van der Waals surface area contributed by atoms with Crippen LogP contribution in [0.2, 0.25) is 0 Å². The summed E-state index contributed by atoms with van der Waals surface area (Å²) >= 11 is 0. The van der Waals surface area contributed by atoms with Gasteiger partial charge < -0.3 is 14.5 Å². The van der Waals surface area contributed by atoms with Crippen LogP contribution < -0.4 is 4.90 Å². The number of hydrogen-bond acceptors (Lipinski definition) is 4. The van der Waals surface area contributed by atoms with Gasteiger partial charge in [-0.05, 0) is 48.9 Å². The van der Waals surface area contributed by atoms with Crippen LogP contribution in [0.5, 0.6) is 0 Å². The van der Waals surface area contributed by atoms with Gasteiger partial charge in [0, 0.05) is 20.0 Å². The number of benzene rings is 2. The molecule has 1 atom stereocenters. The Kier molecular flexibility index (Phi) is 5.84. The van der Waals surface area contributed by atoms with Crippen LogP contribution in [-0.2, 0) is 20.7 Å². The SMILES string of the molecule is CN(C(=O)COC(=O)c1ccccc1N1CCCC1=O)[C@H]1CCCc2ccccc21. The van der Waals surface area contributed by atoms with Crippen molar-refractivity contribution in [2.75, 3.05) is 25.1 Å². The van der Waals surface area contributed by atoms with Crippen molar-refractivity contribution < 1.29 is 19.1 Å². The van der Waals surface area contributed by atoms with E-state index in [-0.39, 0.29) is 24.5 Å². The molecule has 0 spiro atoms. The molecular weight excluding hydrogens is 380 g/mol. The summed E-state index contributed by atoms with van der Waals surface area (Å²) in [5, 5.41) is 0. The van der Waals surface area contributed by atoms with Gasteiger partial charge in [-0.3, -0.25) is 9.59 Å². The predicted octanol–water partition coefficient (Wildman–Crippen LogP) is 3.51. The zero-order valence-electron chi connectivity index (χ0n) is 17.2. The predicted molar refractivity (Wildman–Crippen MR) is 113 cm³/mol. The Morgan fingerprint density at radius 3 is 2.63 bits per heavy atom. The third-order valence-corrected chi connectivity index (χ3v) is 6.01. The number of aryl methyl sites for hydroxylation is 1. The second-order valence-electron chi connectivity index (χ2n) is 7.85. The molecule has 0 aromatic heterocycles. The van der Waals surface area contributed by atoms with Gasteiger partial charge in [0.25, 0.3) is 5.91 Å². The first kappa shape index (κ1) is 20.1. The van der Waals surface area contributed by atoms with Crippen molar-refractivity contribution in [3.8, 4) is 0 Å². The van der Waals surface area contributed by atoms with E-state index >= 15 is 0 Å². The molecule has 30 heavy (non-hydrogen) atoms. The van der Waals surface area contributed by atoms with E-state index in [0.717, 1.165) is 25.7 Å². The molecule has 1 fully saturated rings. The van der Waals surface area contributed by atoms with Gasteiger partial charge in [-0.2, -0.15) is 0 Å². The van der Waals surface area contributed by atoms with Gasteiger partial charge in [-0.15, -0.1) is 0 Å². The van der Waals surface area contributed by atoms with Gasteiger partial charge in [-0.1, -0.05) is 36.4 Å². The van der Waals surface area contributed by atoms with E-state index in [1.165, 1.54) is 11.1 Å². The number of esters is 1. The second kappa shape index (κ2) is 8.69. The molecule has 6 nitrogen and oxygen atoms in total. The Balaban J connectivity index is 1.43. The number of rotatable bonds is 5. The Hall–Kier alpha value is -3.15. The summed E-state index contributed by atoms with van der Waals surface area (Å²) in [6, 6.07) is 15.1. The van der Waals surface area contributed by atoms with Crippen molar-refractivity contribution in [2.45, 2.75) is 38.1 Å². The van der Waals surface area contributed by atoms with E-state index in [4.69, 9.17) is 4.74 Å². The molecular formula is C24H26N2O4. The molecule has 0 radical (unpaired) electrons. The number of nitrogens with zero attached hydrogens (tertiary/aromatic N) is 2. The average molecular weight is 406 g/mol. The van der Waals surface area contributed by atoms with Gasteiger partial charge >= 0.3 is 5.97 Å². The van der Waals surface area contributed by atoms with Crippen LogP contribution >= 0.6 is 0 Å². The van der Waals surface area contributed by atoms with E-state index < -0.39 is 5.97 Å². The molecule has 2 aromatic carbocycles. The minimum atomic E-state index is -0.587. The number of hydrogen-bond donors (Lipinski definition) is 0. The van der Waals surface area contributed by atoms with Gasteiger partial charge in [0.2, 0.25) is 5.91 Å². The highest BCUT2D eigenvalue weighted by molar-refractivity contribution is 6.03. The molecule has 2 aromatic rings. The van der Waals surface area contributed by atoms with Crippen LogP contribution in [-0.4, -0.2) is 42.9 Å². The Morgan fingerprint density at radius 1 is 1.07 bits per heavy atom. The number of anilines is 1. The molecule has 1 heterocycles. The summed E-state index contributed by atoms with van der Waals surface area (Å²) < 4.78 is 5.36. The summed E-state index contributed by atoms with van der Waals surface area (Å²) in [4.78, 5) is 40.9. The number of ether oxygens (including phenoxy) is 1. The highest BCUT2D eigenvalue weighted by atomic mass is 16.5. The molecule has 0 saturated carbocycles. The van der Waals surface area contributed by atoms with E-state index in [9.17, 15) is 14.4 Å². The average Bonchev–Trinajstić information content (AvgIpc) is 3.22. The minimum absolute atomic E-state index is 0.00187. The monoisotopic (exact) mass is 406 g/mol. The Labute approximate surface area is 176 Å². The number of fused-ring (bicyclic) bond motifs is 1. The van der Waals surface area contributed by atoms with Crippen molar-refractivity contribution in [2.24, 2.45) is 0 Å². The fourth-order valence-corrected chi connectivity index (χ4v) is 4.40. The van der Waals surface area contributed by atoms with Crippen LogP contribution in [0.25, 0.3) is 0 Å². The molecule has 2 aliphatic rings. The van der Waals surface area contributed by atoms with Crippen molar-refractivity contribution >= 4 is 23.5 Å². The molecule has 1 aliphatic heterocycles. The fourth-order valence-electron chi connectivity index (χ4n) is 4.40. The lowest BCUT2D eigenvalue weighted by atomic mass is 9.87. The fraction of sp³-hybridized carbons (Fsp3) is 0.375. The van der Waals surface area contributed by atoms with Crippen LogP contribution in [0.15, 0.2) is 48.5 Å². The quantitative estimate of drug-likeness (QED) is 0.713. The minimum Gasteiger partial charge on any atom is -0.452 e. The first-order chi connectivity index (χ1) is 14.6. The molecule has 4 rings (SSSR count). The van der Waals surface area contributed by atoms with E-state index in [1.807, 2.05) is 12.1 Å². The maximum absolute atomic E-state index is 12.8. The van der Waals surface area contributed by atoms with Crippen LogP contribution in [0, 0.1) is 0 Å². The van der Waals surface area contributed by atoms with Crippen molar-refractivity contribution in [3.63, 3.8) is 0 Å². The normalized spacial score (nSPS) is 18.1. The molecule has 0 unspecified atom stereocenters. The molecule has 1 saturated heterocycles. The summed E-state index contributed by atoms with van der Waals surface area (Å²) in [5.74, 6) is -0.821. The van der Waals surface area contributed by atoms with Gasteiger partial charge in [0.15, 0.2) is 6.61 Å². The van der Waals surface area contributed by atoms with Gasteiger partial charge in [-0.25, -0.2) is 4.79 Å². The highest BCUT2D eigenvalue weighted by Gasteiger charge is 2.29. The highest BCUT2D eigenvalue weighted by Crippen LogP contribution is 2.33. The summed E-state index contributed by atoms with van der Waals surface area (Å²) in [6.45, 7) is 0.266. The molecule has 156 valence electrons. The third kappa shape index (κ3) is 3.95. The lowest BCUT2D eigenvalue weighted by Gasteiger charge is -2.33. The summed E-state index contributed by atoms with van der Waals surface area (Å²) in [7, 11) is 1.76. The van der Waals surface area contributed by atoms with Crippen molar-refractivity contribution in [1.29, 1.82) is 0 Å². The van der Waals surface area contributed by atoms with Gasteiger partial charge in [0.1, 0.15) is 0 Å². The molecule has 1 aliphatic carbocycles. The summed E-state index contributed by atoms with van der Waals surface area (Å²) in [6.07, 6.45) is 4.20. The van der Waals surface area contributed by atoms with E-state index in [0.29, 0.717) is 24.2 Å².